The van der Waals surface area contributed by atoms with Crippen molar-refractivity contribution in [2.75, 3.05) is 25.0 Å². The molecule has 1 aromatic rings. The highest BCUT2D eigenvalue weighted by Crippen LogP contribution is 2.20. The summed E-state index contributed by atoms with van der Waals surface area (Å²) in [5.74, 6) is 0.538. The van der Waals surface area contributed by atoms with Crippen LogP contribution in [0.5, 0.6) is 0 Å². The molecule has 1 unspecified atom stereocenters. The number of carbonyl (C=O) groups excluding carboxylic acids is 1. The van der Waals surface area contributed by atoms with Gasteiger partial charge in [0.25, 0.3) is 0 Å². The minimum absolute atomic E-state index is 0.330. The molecule has 114 valence electrons. The maximum atomic E-state index is 11.9. The minimum atomic E-state index is -0.330. The monoisotopic (exact) mass is 289 g/mol. The van der Waals surface area contributed by atoms with Crippen LogP contribution < -0.4 is 10.2 Å². The van der Waals surface area contributed by atoms with E-state index in [4.69, 9.17) is 4.74 Å². The number of quaternary nitrogens is 1. The number of ether oxygens (including phenoxy) is 1. The fraction of sp³-hybridized carbons (Fsp3) is 0.588. The number of amides is 1. The summed E-state index contributed by atoms with van der Waals surface area (Å²) in [4.78, 5) is 13.6. The average molecular weight is 289 g/mol. The van der Waals surface area contributed by atoms with Crippen molar-refractivity contribution >= 4 is 11.8 Å². The predicted molar refractivity (Wildman–Crippen MR) is 82.5 cm³/mol. The Morgan fingerprint density at radius 1 is 1.14 bits per heavy atom. The maximum Gasteiger partial charge on any atom is 0.411 e. The molecule has 2 aliphatic heterocycles. The third-order valence-electron chi connectivity index (χ3n) is 4.88. The first-order chi connectivity index (χ1) is 10.3. The van der Waals surface area contributed by atoms with Gasteiger partial charge in [-0.3, -0.25) is 5.32 Å². The standard InChI is InChI=1S/C17H24N2O2/c20-17(18-15-8-2-1-3-9-15)21-13-14-7-6-12-19-11-5-4-10-16(14)19/h1-3,8-9,14,16H,4-7,10-13H2,(H,18,20)/p+1/t14-,16+/m0/s1. The van der Waals surface area contributed by atoms with E-state index in [9.17, 15) is 4.79 Å². The van der Waals surface area contributed by atoms with Crippen molar-refractivity contribution in [3.8, 4) is 0 Å². The topological polar surface area (TPSA) is 42.8 Å². The van der Waals surface area contributed by atoms with Crippen LogP contribution in [0.3, 0.4) is 0 Å². The molecule has 0 radical (unpaired) electrons. The molecule has 3 atom stereocenters. The van der Waals surface area contributed by atoms with E-state index >= 15 is 0 Å². The molecule has 2 heterocycles. The molecule has 21 heavy (non-hydrogen) atoms. The molecule has 2 fully saturated rings. The quantitative estimate of drug-likeness (QED) is 0.894. The van der Waals surface area contributed by atoms with E-state index in [1.807, 2.05) is 30.3 Å². The summed E-state index contributed by atoms with van der Waals surface area (Å²) in [6, 6.07) is 10.2. The number of benzene rings is 1. The van der Waals surface area contributed by atoms with E-state index in [-0.39, 0.29) is 6.09 Å². The van der Waals surface area contributed by atoms with Crippen LogP contribution in [0.15, 0.2) is 30.3 Å². The van der Waals surface area contributed by atoms with Gasteiger partial charge in [0.05, 0.1) is 19.1 Å². The van der Waals surface area contributed by atoms with Crippen molar-refractivity contribution in [3.63, 3.8) is 0 Å². The molecular formula is C17H25N2O2+. The first-order valence-corrected chi connectivity index (χ1v) is 8.16. The number of carbonyl (C=O) groups is 1. The second kappa shape index (κ2) is 6.94. The Bertz CT molecular complexity index is 461. The smallest absolute Gasteiger partial charge is 0.411 e. The number of rotatable bonds is 3. The first-order valence-electron chi connectivity index (χ1n) is 8.16. The predicted octanol–water partition coefficient (Wildman–Crippen LogP) is 2.08. The molecule has 4 nitrogen and oxygen atoms in total. The van der Waals surface area contributed by atoms with Crippen molar-refractivity contribution < 1.29 is 14.4 Å². The zero-order chi connectivity index (χ0) is 14.5. The molecule has 0 bridgehead atoms. The molecule has 0 spiro atoms. The Morgan fingerprint density at radius 2 is 1.95 bits per heavy atom. The lowest BCUT2D eigenvalue weighted by molar-refractivity contribution is -0.940. The number of piperidine rings is 2. The van der Waals surface area contributed by atoms with Crippen LogP contribution >= 0.6 is 0 Å². The Kier molecular flexibility index (Phi) is 4.76. The van der Waals surface area contributed by atoms with Gasteiger partial charge in [0.15, 0.2) is 0 Å². The third kappa shape index (κ3) is 3.76. The molecule has 0 aliphatic carbocycles. The highest BCUT2D eigenvalue weighted by molar-refractivity contribution is 5.84. The van der Waals surface area contributed by atoms with E-state index in [1.54, 1.807) is 4.90 Å². The Hall–Kier alpha value is -1.55. The Balaban J connectivity index is 1.48. The normalized spacial score (nSPS) is 28.5. The van der Waals surface area contributed by atoms with E-state index < -0.39 is 0 Å². The van der Waals surface area contributed by atoms with Crippen molar-refractivity contribution in [1.82, 2.24) is 0 Å². The van der Waals surface area contributed by atoms with Crippen molar-refractivity contribution in [1.29, 1.82) is 0 Å². The van der Waals surface area contributed by atoms with Gasteiger partial charge >= 0.3 is 6.09 Å². The Labute approximate surface area is 126 Å². The van der Waals surface area contributed by atoms with Gasteiger partial charge in [-0.05, 0) is 44.2 Å². The van der Waals surface area contributed by atoms with Gasteiger partial charge in [-0.2, -0.15) is 0 Å². The summed E-state index contributed by atoms with van der Waals surface area (Å²) in [7, 11) is 0. The largest absolute Gasteiger partial charge is 0.449 e. The first kappa shape index (κ1) is 14.4. The van der Waals surface area contributed by atoms with Crippen LogP contribution in [0.2, 0.25) is 0 Å². The van der Waals surface area contributed by atoms with Crippen LogP contribution in [0.4, 0.5) is 10.5 Å². The summed E-state index contributed by atoms with van der Waals surface area (Å²) in [5, 5.41) is 2.79. The van der Waals surface area contributed by atoms with E-state index in [1.165, 1.54) is 45.2 Å². The molecular weight excluding hydrogens is 264 g/mol. The zero-order valence-electron chi connectivity index (χ0n) is 12.5. The Morgan fingerprint density at radius 3 is 2.81 bits per heavy atom. The van der Waals surface area contributed by atoms with Crippen LogP contribution in [-0.2, 0) is 4.74 Å². The number of para-hydroxylation sites is 1. The SMILES string of the molecule is O=C(Nc1ccccc1)OC[C@@H]1CCC[NH+]2CCCC[C@H]12. The lowest BCUT2D eigenvalue weighted by atomic mass is 9.84. The van der Waals surface area contributed by atoms with Crippen molar-refractivity contribution in [2.24, 2.45) is 5.92 Å². The summed E-state index contributed by atoms with van der Waals surface area (Å²) >= 11 is 0. The van der Waals surface area contributed by atoms with Crippen molar-refractivity contribution in [3.05, 3.63) is 30.3 Å². The van der Waals surface area contributed by atoms with Gasteiger partial charge in [0.2, 0.25) is 0 Å². The van der Waals surface area contributed by atoms with Crippen LogP contribution in [-0.4, -0.2) is 31.8 Å². The molecule has 2 saturated heterocycles. The minimum Gasteiger partial charge on any atom is -0.449 e. The molecule has 2 aliphatic rings. The van der Waals surface area contributed by atoms with Gasteiger partial charge in [-0.25, -0.2) is 4.79 Å². The van der Waals surface area contributed by atoms with Crippen LogP contribution in [0.25, 0.3) is 0 Å². The highest BCUT2D eigenvalue weighted by Gasteiger charge is 2.37. The summed E-state index contributed by atoms with van der Waals surface area (Å²) in [6.45, 7) is 3.17. The van der Waals surface area contributed by atoms with E-state index in [0.717, 1.165) is 5.69 Å². The number of fused-ring (bicyclic) bond motifs is 1. The van der Waals surface area contributed by atoms with E-state index in [0.29, 0.717) is 18.6 Å². The van der Waals surface area contributed by atoms with Gasteiger partial charge in [-0.1, -0.05) is 18.2 Å². The molecule has 0 aromatic heterocycles. The number of hydrogen-bond acceptors (Lipinski definition) is 2. The molecule has 4 heteroatoms. The van der Waals surface area contributed by atoms with Crippen molar-refractivity contribution in [2.45, 2.75) is 38.1 Å². The maximum absolute atomic E-state index is 11.9. The lowest BCUT2D eigenvalue weighted by Gasteiger charge is -2.40. The highest BCUT2D eigenvalue weighted by atomic mass is 16.5. The number of anilines is 1. The fourth-order valence-corrected chi connectivity index (χ4v) is 3.84. The van der Waals surface area contributed by atoms with Crippen LogP contribution in [0.1, 0.15) is 32.1 Å². The lowest BCUT2D eigenvalue weighted by Crippen LogP contribution is -3.18. The molecule has 1 aromatic carbocycles. The molecule has 1 amide bonds. The van der Waals surface area contributed by atoms with Gasteiger partial charge in [0.1, 0.15) is 6.61 Å². The number of nitrogens with one attached hydrogen (secondary N) is 2. The third-order valence-corrected chi connectivity index (χ3v) is 4.88. The second-order valence-corrected chi connectivity index (χ2v) is 6.25. The average Bonchev–Trinajstić information content (AvgIpc) is 2.54. The molecule has 3 rings (SSSR count). The van der Waals surface area contributed by atoms with Gasteiger partial charge in [-0.15, -0.1) is 0 Å². The molecule has 0 saturated carbocycles. The second-order valence-electron chi connectivity index (χ2n) is 6.25. The van der Waals surface area contributed by atoms with Crippen LogP contribution in [0, 0.1) is 5.92 Å². The summed E-state index contributed by atoms with van der Waals surface area (Å²) in [6.07, 6.45) is 6.12. The fourth-order valence-electron chi connectivity index (χ4n) is 3.84. The van der Waals surface area contributed by atoms with Gasteiger partial charge < -0.3 is 9.64 Å². The van der Waals surface area contributed by atoms with E-state index in [2.05, 4.69) is 5.32 Å². The zero-order valence-corrected chi connectivity index (χ0v) is 12.5. The van der Waals surface area contributed by atoms with Gasteiger partial charge in [0, 0.05) is 11.6 Å². The number of hydrogen-bond donors (Lipinski definition) is 2. The summed E-state index contributed by atoms with van der Waals surface area (Å²) < 4.78 is 5.47. The molecule has 2 N–H and O–H groups in total. The summed E-state index contributed by atoms with van der Waals surface area (Å²) in [5.41, 5.74) is 0.788.